The lowest BCUT2D eigenvalue weighted by atomic mass is 10.2. The van der Waals surface area contributed by atoms with E-state index in [0.717, 1.165) is 6.42 Å². The number of hydrogen-bond donors (Lipinski definition) is 0. The van der Waals surface area contributed by atoms with Crippen molar-refractivity contribution >= 4 is 18.5 Å². The van der Waals surface area contributed by atoms with Gasteiger partial charge in [0, 0.05) is 11.8 Å². The molecule has 0 aromatic heterocycles. The van der Waals surface area contributed by atoms with Crippen molar-refractivity contribution in [3.8, 4) is 17.2 Å². The summed E-state index contributed by atoms with van der Waals surface area (Å²) < 4.78 is 17.9. The predicted molar refractivity (Wildman–Crippen MR) is 105 cm³/mol. The molecular weight excluding hydrogens is 351 g/mol. The van der Waals surface area contributed by atoms with Crippen LogP contribution < -0.4 is 13.6 Å². The van der Waals surface area contributed by atoms with Crippen LogP contribution in [0.2, 0.25) is 0 Å². The van der Waals surface area contributed by atoms with E-state index in [0.29, 0.717) is 17.2 Å². The fraction of sp³-hybridized carbons (Fsp3) is 0.100. The van der Waals surface area contributed by atoms with Crippen LogP contribution in [0, 0.1) is 0 Å². The Bertz CT molecular complexity index is 790. The van der Waals surface area contributed by atoms with Gasteiger partial charge in [-0.1, -0.05) is 55.5 Å². The summed E-state index contributed by atoms with van der Waals surface area (Å²) in [4.78, 5) is 0. The normalized spacial score (nSPS) is 10.9. The zero-order chi connectivity index (χ0) is 17.5. The molecule has 0 saturated carbocycles. The first-order valence-electron chi connectivity index (χ1n) is 8.05. The van der Waals surface area contributed by atoms with Crippen LogP contribution in [0.3, 0.4) is 0 Å². The Hall–Kier alpha value is -2.29. The number of para-hydroxylation sites is 2. The molecule has 0 saturated heterocycles. The third-order valence-electron chi connectivity index (χ3n) is 3.47. The Morgan fingerprint density at radius 3 is 1.44 bits per heavy atom. The fourth-order valence-electron chi connectivity index (χ4n) is 2.19. The highest BCUT2D eigenvalue weighted by molar-refractivity contribution is 8.08. The molecule has 3 nitrogen and oxygen atoms in total. The van der Waals surface area contributed by atoms with E-state index in [4.69, 9.17) is 25.4 Å². The van der Waals surface area contributed by atoms with Gasteiger partial charge in [-0.2, -0.15) is 0 Å². The first-order chi connectivity index (χ1) is 12.2. The van der Waals surface area contributed by atoms with Gasteiger partial charge in [0.05, 0.1) is 0 Å². The highest BCUT2D eigenvalue weighted by atomic mass is 32.5. The summed E-state index contributed by atoms with van der Waals surface area (Å²) in [6, 6.07) is 26.5. The number of aryl methyl sites for hydroxylation is 1. The van der Waals surface area contributed by atoms with Gasteiger partial charge in [0.2, 0.25) is 0 Å². The summed E-state index contributed by atoms with van der Waals surface area (Å²) >= 11 is 5.65. The summed E-state index contributed by atoms with van der Waals surface area (Å²) in [5.41, 5.74) is 1.23. The van der Waals surface area contributed by atoms with Gasteiger partial charge in [0.25, 0.3) is 0 Å². The Morgan fingerprint density at radius 1 is 0.640 bits per heavy atom. The van der Waals surface area contributed by atoms with Crippen molar-refractivity contribution in [3.05, 3.63) is 90.5 Å². The van der Waals surface area contributed by atoms with Crippen molar-refractivity contribution in [2.24, 2.45) is 0 Å². The van der Waals surface area contributed by atoms with Crippen molar-refractivity contribution in [3.63, 3.8) is 0 Å². The lowest BCUT2D eigenvalue weighted by Gasteiger charge is -2.23. The second kappa shape index (κ2) is 8.19. The molecule has 128 valence electrons. The predicted octanol–water partition coefficient (Wildman–Crippen LogP) is 6.01. The maximum Gasteiger partial charge on any atom is 0.490 e. The zero-order valence-electron chi connectivity index (χ0n) is 13.9. The average molecular weight is 370 g/mol. The quantitative estimate of drug-likeness (QED) is 0.476. The maximum absolute atomic E-state index is 5.99. The summed E-state index contributed by atoms with van der Waals surface area (Å²) in [5, 5.41) is 0. The van der Waals surface area contributed by atoms with E-state index >= 15 is 0 Å². The minimum atomic E-state index is -3.08. The minimum absolute atomic E-state index is 0.618. The molecule has 0 radical (unpaired) electrons. The molecule has 3 aromatic carbocycles. The summed E-state index contributed by atoms with van der Waals surface area (Å²) in [7, 11) is 0. The monoisotopic (exact) mass is 370 g/mol. The summed E-state index contributed by atoms with van der Waals surface area (Å²) in [6.07, 6.45) is 0.968. The molecule has 0 spiro atoms. The van der Waals surface area contributed by atoms with Crippen LogP contribution in [0.15, 0.2) is 84.9 Å². The van der Waals surface area contributed by atoms with Crippen molar-refractivity contribution in [2.75, 3.05) is 0 Å². The third kappa shape index (κ3) is 5.09. The van der Waals surface area contributed by atoms with E-state index in [1.165, 1.54) is 5.56 Å². The van der Waals surface area contributed by atoms with E-state index in [-0.39, 0.29) is 0 Å². The van der Waals surface area contributed by atoms with Gasteiger partial charge in [-0.3, -0.25) is 0 Å². The van der Waals surface area contributed by atoms with Crippen molar-refractivity contribution < 1.29 is 13.6 Å². The molecule has 0 unspecified atom stereocenters. The number of benzene rings is 3. The molecule has 5 heteroatoms. The first kappa shape index (κ1) is 17.5. The molecule has 0 amide bonds. The molecule has 0 aliphatic rings. The topological polar surface area (TPSA) is 27.7 Å². The molecule has 0 atom stereocenters. The van der Waals surface area contributed by atoms with Crippen LogP contribution in [0.5, 0.6) is 17.2 Å². The number of hydrogen-bond acceptors (Lipinski definition) is 4. The smallest absolute Gasteiger partial charge is 0.407 e. The number of rotatable bonds is 7. The molecule has 0 aliphatic heterocycles. The molecule has 25 heavy (non-hydrogen) atoms. The van der Waals surface area contributed by atoms with E-state index in [9.17, 15) is 0 Å². The van der Waals surface area contributed by atoms with Crippen LogP contribution in [0.25, 0.3) is 0 Å². The van der Waals surface area contributed by atoms with Crippen LogP contribution in [0.4, 0.5) is 0 Å². The van der Waals surface area contributed by atoms with Crippen LogP contribution >= 0.6 is 6.72 Å². The lowest BCUT2D eigenvalue weighted by Crippen LogP contribution is -2.07. The van der Waals surface area contributed by atoms with Crippen molar-refractivity contribution in [1.82, 2.24) is 0 Å². The van der Waals surface area contributed by atoms with Gasteiger partial charge < -0.3 is 13.6 Å². The second-order valence-corrected chi connectivity index (χ2v) is 8.13. The highest BCUT2D eigenvalue weighted by Gasteiger charge is 2.26. The minimum Gasteiger partial charge on any atom is -0.407 e. The molecule has 3 rings (SSSR count). The largest absolute Gasteiger partial charge is 0.490 e. The van der Waals surface area contributed by atoms with E-state index in [2.05, 4.69) is 6.92 Å². The standard InChI is InChI=1S/C20H19O3PS/c1-2-17-13-15-20(16-14-17)23-24(25,21-18-9-5-3-6-10-18)22-19-11-7-4-8-12-19/h3-16H,2H2,1H3. The first-order valence-corrected chi connectivity index (χ1v) is 10.6. The van der Waals surface area contributed by atoms with E-state index in [1.807, 2.05) is 84.9 Å². The Kier molecular flexibility index (Phi) is 5.75. The third-order valence-corrected chi connectivity index (χ3v) is 5.44. The Labute approximate surface area is 153 Å². The van der Waals surface area contributed by atoms with Crippen LogP contribution in [-0.2, 0) is 18.2 Å². The maximum atomic E-state index is 5.99. The molecule has 0 aliphatic carbocycles. The molecule has 3 aromatic rings. The summed E-state index contributed by atoms with van der Waals surface area (Å²) in [5.74, 6) is 1.87. The molecule has 0 heterocycles. The van der Waals surface area contributed by atoms with Gasteiger partial charge in [0.1, 0.15) is 17.2 Å². The average Bonchev–Trinajstić information content (AvgIpc) is 2.64. The molecule has 0 N–H and O–H groups in total. The van der Waals surface area contributed by atoms with E-state index < -0.39 is 6.72 Å². The molecule has 0 fully saturated rings. The zero-order valence-corrected chi connectivity index (χ0v) is 15.6. The lowest BCUT2D eigenvalue weighted by molar-refractivity contribution is 0.384. The molecule has 0 bridgehead atoms. The van der Waals surface area contributed by atoms with Crippen molar-refractivity contribution in [2.45, 2.75) is 13.3 Å². The Morgan fingerprint density at radius 2 is 1.04 bits per heavy atom. The van der Waals surface area contributed by atoms with Crippen molar-refractivity contribution in [1.29, 1.82) is 0 Å². The van der Waals surface area contributed by atoms with Crippen LogP contribution in [0.1, 0.15) is 12.5 Å². The van der Waals surface area contributed by atoms with Gasteiger partial charge >= 0.3 is 6.72 Å². The van der Waals surface area contributed by atoms with Gasteiger partial charge in [-0.15, -0.1) is 0 Å². The van der Waals surface area contributed by atoms with Gasteiger partial charge in [0.15, 0.2) is 0 Å². The Balaban J connectivity index is 1.85. The van der Waals surface area contributed by atoms with Gasteiger partial charge in [-0.25, -0.2) is 0 Å². The van der Waals surface area contributed by atoms with Crippen LogP contribution in [-0.4, -0.2) is 0 Å². The molecular formula is C20H19O3PS. The highest BCUT2D eigenvalue weighted by Crippen LogP contribution is 2.50. The fourth-order valence-corrected chi connectivity index (χ4v) is 4.22. The van der Waals surface area contributed by atoms with Gasteiger partial charge in [-0.05, 0) is 48.4 Å². The summed E-state index contributed by atoms with van der Waals surface area (Å²) in [6.45, 7) is -0.967. The second-order valence-electron chi connectivity index (χ2n) is 5.34. The SMILES string of the molecule is CCc1ccc(OP(=S)(Oc2ccccc2)Oc2ccccc2)cc1. The van der Waals surface area contributed by atoms with E-state index in [1.54, 1.807) is 0 Å².